The second kappa shape index (κ2) is 3.79. The average Bonchev–Trinajstić information content (AvgIpc) is 2.60. The highest BCUT2D eigenvalue weighted by atomic mass is 16.5. The van der Waals surface area contributed by atoms with E-state index in [1.165, 1.54) is 5.56 Å². The minimum atomic E-state index is -0.314. The van der Waals surface area contributed by atoms with Crippen molar-refractivity contribution < 1.29 is 4.74 Å². The molecule has 1 aromatic heterocycles. The van der Waals surface area contributed by atoms with Gasteiger partial charge in [-0.1, -0.05) is 0 Å². The van der Waals surface area contributed by atoms with E-state index >= 15 is 0 Å². The van der Waals surface area contributed by atoms with E-state index in [4.69, 9.17) is 10.00 Å². The predicted octanol–water partition coefficient (Wildman–Crippen LogP) is 2.62. The Labute approximate surface area is 96.1 Å². The van der Waals surface area contributed by atoms with Crippen LogP contribution in [0, 0.1) is 11.3 Å². The van der Waals surface area contributed by atoms with Crippen LogP contribution in [0.2, 0.25) is 0 Å². The van der Waals surface area contributed by atoms with Crippen molar-refractivity contribution in [3.05, 3.63) is 22.9 Å². The molecule has 0 atom stereocenters. The van der Waals surface area contributed by atoms with Crippen molar-refractivity contribution in [3.63, 3.8) is 0 Å². The largest absolute Gasteiger partial charge is 0.471 e. The van der Waals surface area contributed by atoms with Gasteiger partial charge in [0, 0.05) is 5.69 Å². The van der Waals surface area contributed by atoms with Crippen LogP contribution in [0.1, 0.15) is 44.0 Å². The van der Waals surface area contributed by atoms with Crippen LogP contribution in [0.5, 0.6) is 5.88 Å². The maximum absolute atomic E-state index is 9.08. The first-order valence-electron chi connectivity index (χ1n) is 5.61. The Hall–Kier alpha value is -1.56. The van der Waals surface area contributed by atoms with Gasteiger partial charge in [-0.15, -0.1) is 0 Å². The normalized spacial score (nSPS) is 14.4. The van der Waals surface area contributed by atoms with Gasteiger partial charge in [0.2, 0.25) is 5.88 Å². The van der Waals surface area contributed by atoms with Gasteiger partial charge in [0.25, 0.3) is 0 Å². The molecule has 2 rings (SSSR count). The van der Waals surface area contributed by atoms with Crippen molar-refractivity contribution in [2.45, 2.75) is 45.6 Å². The molecule has 0 saturated heterocycles. The summed E-state index contributed by atoms with van der Waals surface area (Å²) in [6.45, 7) is 5.88. The fourth-order valence-corrected chi connectivity index (χ4v) is 1.90. The number of fused-ring (bicyclic) bond motifs is 1. The molecule has 1 heterocycles. The molecule has 1 aliphatic rings. The van der Waals surface area contributed by atoms with Gasteiger partial charge >= 0.3 is 0 Å². The summed E-state index contributed by atoms with van der Waals surface area (Å²) in [5.41, 5.74) is 2.54. The highest BCUT2D eigenvalue weighted by Gasteiger charge is 2.20. The lowest BCUT2D eigenvalue weighted by atomic mass is 10.1. The fourth-order valence-electron chi connectivity index (χ4n) is 1.90. The Morgan fingerprint density at radius 2 is 2.12 bits per heavy atom. The molecule has 0 saturated carbocycles. The molecule has 3 nitrogen and oxygen atoms in total. The average molecular weight is 216 g/mol. The van der Waals surface area contributed by atoms with Crippen LogP contribution < -0.4 is 4.74 Å². The molecule has 1 aliphatic carbocycles. The summed E-state index contributed by atoms with van der Waals surface area (Å²) in [4.78, 5) is 4.46. The second-order valence-corrected chi connectivity index (χ2v) is 5.13. The number of hydrogen-bond donors (Lipinski definition) is 0. The van der Waals surface area contributed by atoms with Crippen molar-refractivity contribution in [3.8, 4) is 11.9 Å². The molecule has 0 aliphatic heterocycles. The zero-order chi connectivity index (χ0) is 11.8. The first-order chi connectivity index (χ1) is 7.49. The summed E-state index contributed by atoms with van der Waals surface area (Å²) in [5.74, 6) is 0.482. The van der Waals surface area contributed by atoms with Crippen LogP contribution in [0.25, 0.3) is 0 Å². The lowest BCUT2D eigenvalue weighted by molar-refractivity contribution is 0.123. The standard InChI is InChI=1S/C13H16N2O/c1-13(2,3)16-12-10(8-14)7-9-5-4-6-11(9)15-12/h7H,4-6H2,1-3H3. The van der Waals surface area contributed by atoms with Crippen LogP contribution in [0.3, 0.4) is 0 Å². The molecule has 0 unspecified atom stereocenters. The third-order valence-electron chi connectivity index (χ3n) is 2.54. The molecule has 84 valence electrons. The Kier molecular flexibility index (Phi) is 2.59. The predicted molar refractivity (Wildman–Crippen MR) is 61.4 cm³/mol. The zero-order valence-electron chi connectivity index (χ0n) is 10.0. The first-order valence-corrected chi connectivity index (χ1v) is 5.61. The van der Waals surface area contributed by atoms with E-state index in [1.54, 1.807) is 0 Å². The second-order valence-electron chi connectivity index (χ2n) is 5.13. The van der Waals surface area contributed by atoms with Crippen LogP contribution in [-0.2, 0) is 12.8 Å². The summed E-state index contributed by atoms with van der Waals surface area (Å²) >= 11 is 0. The van der Waals surface area contributed by atoms with Gasteiger partial charge in [0.15, 0.2) is 0 Å². The molecule has 0 radical (unpaired) electrons. The van der Waals surface area contributed by atoms with Gasteiger partial charge in [0.05, 0.1) is 0 Å². The SMILES string of the molecule is CC(C)(C)Oc1nc2c(cc1C#N)CCC2. The van der Waals surface area contributed by atoms with E-state index < -0.39 is 0 Å². The van der Waals surface area contributed by atoms with Crippen LogP contribution in [0.4, 0.5) is 0 Å². The molecule has 0 spiro atoms. The van der Waals surface area contributed by atoms with Crippen LogP contribution in [-0.4, -0.2) is 10.6 Å². The zero-order valence-corrected chi connectivity index (χ0v) is 10.0. The maximum atomic E-state index is 9.08. The number of aromatic nitrogens is 1. The smallest absolute Gasteiger partial charge is 0.232 e. The van der Waals surface area contributed by atoms with Crippen molar-refractivity contribution >= 4 is 0 Å². The van der Waals surface area contributed by atoms with E-state index in [-0.39, 0.29) is 5.60 Å². The van der Waals surface area contributed by atoms with Gasteiger partial charge < -0.3 is 4.74 Å². The number of ether oxygens (including phenoxy) is 1. The van der Waals surface area contributed by atoms with Gasteiger partial charge in [-0.05, 0) is 51.7 Å². The topological polar surface area (TPSA) is 45.9 Å². The third-order valence-corrected chi connectivity index (χ3v) is 2.54. The fraction of sp³-hybridized carbons (Fsp3) is 0.538. The van der Waals surface area contributed by atoms with Gasteiger partial charge in [-0.25, -0.2) is 4.98 Å². The number of nitriles is 1. The number of pyridine rings is 1. The molecule has 0 amide bonds. The molecule has 0 bridgehead atoms. The van der Waals surface area contributed by atoms with E-state index in [9.17, 15) is 0 Å². The van der Waals surface area contributed by atoms with E-state index in [2.05, 4.69) is 11.1 Å². The number of nitrogens with zero attached hydrogens (tertiary/aromatic N) is 2. The van der Waals surface area contributed by atoms with E-state index in [1.807, 2.05) is 26.8 Å². The lowest BCUT2D eigenvalue weighted by Gasteiger charge is -2.21. The molecule has 0 fully saturated rings. The molecule has 16 heavy (non-hydrogen) atoms. The number of aryl methyl sites for hydroxylation is 2. The monoisotopic (exact) mass is 216 g/mol. The molecular formula is C13H16N2O. The number of hydrogen-bond acceptors (Lipinski definition) is 3. The van der Waals surface area contributed by atoms with Crippen LogP contribution >= 0.6 is 0 Å². The third kappa shape index (κ3) is 2.16. The maximum Gasteiger partial charge on any atom is 0.232 e. The van der Waals surface area contributed by atoms with E-state index in [0.29, 0.717) is 11.4 Å². The van der Waals surface area contributed by atoms with E-state index in [0.717, 1.165) is 25.0 Å². The van der Waals surface area contributed by atoms with Crippen molar-refractivity contribution in [1.82, 2.24) is 4.98 Å². The molecule has 0 aromatic carbocycles. The van der Waals surface area contributed by atoms with Gasteiger partial charge in [0.1, 0.15) is 17.2 Å². The quantitative estimate of drug-likeness (QED) is 0.725. The summed E-state index contributed by atoms with van der Waals surface area (Å²) in [7, 11) is 0. The van der Waals surface area contributed by atoms with Crippen molar-refractivity contribution in [2.24, 2.45) is 0 Å². The number of rotatable bonds is 1. The summed E-state index contributed by atoms with van der Waals surface area (Å²) in [5, 5.41) is 9.08. The molecule has 1 aromatic rings. The molecule has 0 N–H and O–H groups in total. The molecular weight excluding hydrogens is 200 g/mol. The lowest BCUT2D eigenvalue weighted by Crippen LogP contribution is -2.24. The van der Waals surface area contributed by atoms with Gasteiger partial charge in [-0.2, -0.15) is 5.26 Å². The first kappa shape index (κ1) is 10.9. The Bertz CT molecular complexity index is 452. The van der Waals surface area contributed by atoms with Crippen LogP contribution in [0.15, 0.2) is 6.07 Å². The Balaban J connectivity index is 2.41. The minimum absolute atomic E-state index is 0.314. The summed E-state index contributed by atoms with van der Waals surface area (Å²) < 4.78 is 5.72. The summed E-state index contributed by atoms with van der Waals surface area (Å²) in [6, 6.07) is 4.09. The Morgan fingerprint density at radius 1 is 1.38 bits per heavy atom. The van der Waals surface area contributed by atoms with Crippen molar-refractivity contribution in [1.29, 1.82) is 5.26 Å². The highest BCUT2D eigenvalue weighted by Crippen LogP contribution is 2.28. The Morgan fingerprint density at radius 3 is 2.75 bits per heavy atom. The minimum Gasteiger partial charge on any atom is -0.471 e. The summed E-state index contributed by atoms with van der Waals surface area (Å²) in [6.07, 6.45) is 3.17. The molecule has 3 heteroatoms. The van der Waals surface area contributed by atoms with Crippen molar-refractivity contribution in [2.75, 3.05) is 0 Å². The highest BCUT2D eigenvalue weighted by molar-refractivity contribution is 5.44. The van der Waals surface area contributed by atoms with Gasteiger partial charge in [-0.3, -0.25) is 0 Å².